The second-order valence-electron chi connectivity index (χ2n) is 4.73. The first-order chi connectivity index (χ1) is 10.4. The number of carbonyl (C=O) groups is 1. The Balaban J connectivity index is 2.76. The molecule has 0 bridgehead atoms. The van der Waals surface area contributed by atoms with Crippen LogP contribution < -0.4 is 9.62 Å². The Kier molecular flexibility index (Phi) is 7.07. The van der Waals surface area contributed by atoms with Crippen molar-refractivity contribution in [3.05, 3.63) is 42.5 Å². The Morgan fingerprint density at radius 1 is 1.36 bits per heavy atom. The van der Waals surface area contributed by atoms with Gasteiger partial charge in [0.2, 0.25) is 10.0 Å². The fourth-order valence-corrected chi connectivity index (χ4v) is 2.73. The first kappa shape index (κ1) is 18.2. The highest BCUT2D eigenvalue weighted by atomic mass is 32.2. The van der Waals surface area contributed by atoms with Crippen LogP contribution in [0.5, 0.6) is 0 Å². The maximum Gasteiger partial charge on any atom is 0.251 e. The van der Waals surface area contributed by atoms with Crippen LogP contribution in [0.25, 0.3) is 0 Å². The molecule has 7 heteroatoms. The van der Waals surface area contributed by atoms with E-state index < -0.39 is 10.0 Å². The number of hydrogen-bond acceptors (Lipinski definition) is 4. The zero-order chi connectivity index (χ0) is 16.6. The highest BCUT2D eigenvalue weighted by molar-refractivity contribution is 7.92. The molecule has 1 aromatic rings. The minimum Gasteiger partial charge on any atom is -0.385 e. The van der Waals surface area contributed by atoms with Crippen molar-refractivity contribution >= 4 is 21.6 Å². The molecule has 0 saturated carbocycles. The molecule has 122 valence electrons. The number of benzene rings is 1. The average Bonchev–Trinajstić information content (AvgIpc) is 2.48. The summed E-state index contributed by atoms with van der Waals surface area (Å²) < 4.78 is 29.6. The third kappa shape index (κ3) is 5.50. The fourth-order valence-electron chi connectivity index (χ4n) is 1.85. The van der Waals surface area contributed by atoms with E-state index in [-0.39, 0.29) is 12.5 Å². The van der Waals surface area contributed by atoms with Gasteiger partial charge in [-0.05, 0) is 30.7 Å². The summed E-state index contributed by atoms with van der Waals surface area (Å²) in [5.74, 6) is -0.197. The molecule has 0 aromatic heterocycles. The van der Waals surface area contributed by atoms with Crippen molar-refractivity contribution < 1.29 is 17.9 Å². The van der Waals surface area contributed by atoms with Gasteiger partial charge in [0.15, 0.2) is 0 Å². The zero-order valence-corrected chi connectivity index (χ0v) is 13.7. The maximum absolute atomic E-state index is 11.9. The van der Waals surface area contributed by atoms with Crippen molar-refractivity contribution in [1.29, 1.82) is 0 Å². The average molecular weight is 326 g/mol. The third-order valence-corrected chi connectivity index (χ3v) is 4.08. The van der Waals surface area contributed by atoms with Crippen LogP contribution in [-0.2, 0) is 14.8 Å². The van der Waals surface area contributed by atoms with Gasteiger partial charge < -0.3 is 10.1 Å². The predicted octanol–water partition coefficient (Wildman–Crippen LogP) is 1.40. The number of carbonyl (C=O) groups excluding carboxylic acids is 1. The van der Waals surface area contributed by atoms with Gasteiger partial charge in [0.05, 0.1) is 18.5 Å². The highest BCUT2D eigenvalue weighted by Crippen LogP contribution is 2.18. The van der Waals surface area contributed by atoms with Crippen molar-refractivity contribution in [2.45, 2.75) is 6.42 Å². The summed E-state index contributed by atoms with van der Waals surface area (Å²) in [6, 6.07) is 6.41. The van der Waals surface area contributed by atoms with Gasteiger partial charge >= 0.3 is 0 Å². The Hall–Kier alpha value is -1.86. The molecule has 1 N–H and O–H groups in total. The second-order valence-corrected chi connectivity index (χ2v) is 6.64. The van der Waals surface area contributed by atoms with Crippen molar-refractivity contribution in [3.8, 4) is 0 Å². The number of anilines is 1. The summed E-state index contributed by atoms with van der Waals surface area (Å²) in [5.41, 5.74) is 0.978. The van der Waals surface area contributed by atoms with Crippen LogP contribution in [-0.4, -0.2) is 47.4 Å². The van der Waals surface area contributed by atoms with E-state index in [0.29, 0.717) is 24.4 Å². The summed E-state index contributed by atoms with van der Waals surface area (Å²) in [6.07, 6.45) is 3.38. The van der Waals surface area contributed by atoms with Crippen LogP contribution in [0, 0.1) is 0 Å². The number of methoxy groups -OCH3 is 1. The second kappa shape index (κ2) is 8.55. The van der Waals surface area contributed by atoms with E-state index in [9.17, 15) is 13.2 Å². The Morgan fingerprint density at radius 2 is 2.00 bits per heavy atom. The van der Waals surface area contributed by atoms with Crippen molar-refractivity contribution in [3.63, 3.8) is 0 Å². The van der Waals surface area contributed by atoms with Gasteiger partial charge in [0.25, 0.3) is 5.91 Å². The lowest BCUT2D eigenvalue weighted by Gasteiger charge is -2.20. The Bertz CT molecular complexity index is 596. The minimum absolute atomic E-state index is 0.182. The van der Waals surface area contributed by atoms with Crippen LogP contribution in [0.4, 0.5) is 5.69 Å². The molecule has 22 heavy (non-hydrogen) atoms. The molecule has 0 fully saturated rings. The van der Waals surface area contributed by atoms with Gasteiger partial charge in [0.1, 0.15) is 0 Å². The van der Waals surface area contributed by atoms with Gasteiger partial charge in [-0.2, -0.15) is 0 Å². The molecule has 1 amide bonds. The third-order valence-electron chi connectivity index (χ3n) is 2.92. The number of nitrogens with zero attached hydrogens (tertiary/aromatic N) is 1. The topological polar surface area (TPSA) is 75.7 Å². The first-order valence-electron chi connectivity index (χ1n) is 6.86. The molecule has 0 unspecified atom stereocenters. The van der Waals surface area contributed by atoms with Crippen LogP contribution in [0.15, 0.2) is 36.9 Å². The number of ether oxygens (including phenoxy) is 1. The molecule has 0 heterocycles. The molecule has 0 spiro atoms. The molecule has 1 aromatic carbocycles. The summed E-state index contributed by atoms with van der Waals surface area (Å²) >= 11 is 0. The summed E-state index contributed by atoms with van der Waals surface area (Å²) in [6.45, 7) is 4.85. The summed E-state index contributed by atoms with van der Waals surface area (Å²) in [5, 5.41) is 2.77. The van der Waals surface area contributed by atoms with Gasteiger partial charge in [-0.1, -0.05) is 6.08 Å². The zero-order valence-electron chi connectivity index (χ0n) is 12.9. The van der Waals surface area contributed by atoms with Crippen LogP contribution in [0.3, 0.4) is 0 Å². The van der Waals surface area contributed by atoms with Gasteiger partial charge in [-0.15, -0.1) is 6.58 Å². The van der Waals surface area contributed by atoms with E-state index >= 15 is 0 Å². The summed E-state index contributed by atoms with van der Waals surface area (Å²) in [7, 11) is -1.78. The standard InChI is InChI=1S/C15H22N2O4S/c1-4-11-17(22(3,19)20)14-8-6-13(7-9-14)15(18)16-10-5-12-21-2/h4,6-9H,1,5,10-12H2,2-3H3,(H,16,18). The van der Waals surface area contributed by atoms with E-state index in [1.165, 1.54) is 10.4 Å². The number of amides is 1. The molecule has 0 aliphatic heterocycles. The number of nitrogens with one attached hydrogen (secondary N) is 1. The van der Waals surface area contributed by atoms with Gasteiger partial charge in [0, 0.05) is 25.8 Å². The van der Waals surface area contributed by atoms with E-state index in [2.05, 4.69) is 11.9 Å². The van der Waals surface area contributed by atoms with E-state index in [1.54, 1.807) is 31.4 Å². The molecule has 6 nitrogen and oxygen atoms in total. The van der Waals surface area contributed by atoms with Crippen LogP contribution >= 0.6 is 0 Å². The highest BCUT2D eigenvalue weighted by Gasteiger charge is 2.16. The molecule has 0 saturated heterocycles. The largest absolute Gasteiger partial charge is 0.385 e. The van der Waals surface area contributed by atoms with Gasteiger partial charge in [-0.25, -0.2) is 8.42 Å². The molecular weight excluding hydrogens is 304 g/mol. The summed E-state index contributed by atoms with van der Waals surface area (Å²) in [4.78, 5) is 11.9. The molecule has 1 rings (SSSR count). The number of sulfonamides is 1. The molecule has 0 aliphatic rings. The molecule has 0 aliphatic carbocycles. The van der Waals surface area contributed by atoms with Crippen molar-refractivity contribution in [2.75, 3.05) is 37.4 Å². The Labute approximate surface area is 131 Å². The number of rotatable bonds is 9. The smallest absolute Gasteiger partial charge is 0.251 e. The lowest BCUT2D eigenvalue weighted by molar-refractivity contribution is 0.0948. The fraction of sp³-hybridized carbons (Fsp3) is 0.400. The quantitative estimate of drug-likeness (QED) is 0.550. The normalized spacial score (nSPS) is 11.0. The number of hydrogen-bond donors (Lipinski definition) is 1. The van der Waals surface area contributed by atoms with E-state index in [1.807, 2.05) is 0 Å². The maximum atomic E-state index is 11.9. The Morgan fingerprint density at radius 3 is 2.50 bits per heavy atom. The minimum atomic E-state index is -3.39. The SMILES string of the molecule is C=CCN(c1ccc(C(=O)NCCCOC)cc1)S(C)(=O)=O. The van der Waals surface area contributed by atoms with Crippen LogP contribution in [0.2, 0.25) is 0 Å². The van der Waals surface area contributed by atoms with Crippen molar-refractivity contribution in [1.82, 2.24) is 5.32 Å². The van der Waals surface area contributed by atoms with Crippen LogP contribution in [0.1, 0.15) is 16.8 Å². The van der Waals surface area contributed by atoms with Crippen molar-refractivity contribution in [2.24, 2.45) is 0 Å². The predicted molar refractivity (Wildman–Crippen MR) is 87.7 cm³/mol. The molecule has 0 radical (unpaired) electrons. The van der Waals surface area contributed by atoms with Gasteiger partial charge in [-0.3, -0.25) is 9.10 Å². The lowest BCUT2D eigenvalue weighted by atomic mass is 10.2. The van der Waals surface area contributed by atoms with E-state index in [4.69, 9.17) is 4.74 Å². The molecule has 0 atom stereocenters. The van der Waals surface area contributed by atoms with E-state index in [0.717, 1.165) is 12.7 Å². The first-order valence-corrected chi connectivity index (χ1v) is 8.70. The lowest BCUT2D eigenvalue weighted by Crippen LogP contribution is -2.30. The molecular formula is C15H22N2O4S. The monoisotopic (exact) mass is 326 g/mol.